The third-order valence-electron chi connectivity index (χ3n) is 3.19. The van der Waals surface area contributed by atoms with Gasteiger partial charge in [0.25, 0.3) is 0 Å². The van der Waals surface area contributed by atoms with E-state index in [9.17, 15) is 8.42 Å². The lowest BCUT2D eigenvalue weighted by Gasteiger charge is -2.22. The minimum Gasteiger partial charge on any atom is -0.305 e. The molecule has 0 N–H and O–H groups in total. The Morgan fingerprint density at radius 2 is 2.00 bits per heavy atom. The van der Waals surface area contributed by atoms with Gasteiger partial charge in [0.15, 0.2) is 5.25 Å². The Labute approximate surface area is 97.7 Å². The van der Waals surface area contributed by atoms with Gasteiger partial charge in [-0.1, -0.05) is 6.92 Å². The first-order valence-corrected chi connectivity index (χ1v) is 6.86. The van der Waals surface area contributed by atoms with Crippen LogP contribution in [-0.4, -0.2) is 56.1 Å². The van der Waals surface area contributed by atoms with Crippen molar-refractivity contribution in [3.8, 4) is 6.07 Å². The number of nitrogens with zero attached hydrogens (tertiary/aromatic N) is 3. The van der Waals surface area contributed by atoms with Crippen molar-refractivity contribution in [1.29, 1.82) is 5.26 Å². The van der Waals surface area contributed by atoms with Crippen LogP contribution in [0.2, 0.25) is 0 Å². The molecule has 92 valence electrons. The molecule has 3 atom stereocenters. The van der Waals surface area contributed by atoms with Crippen molar-refractivity contribution >= 4 is 10.0 Å². The van der Waals surface area contributed by atoms with Crippen LogP contribution in [-0.2, 0) is 10.0 Å². The van der Waals surface area contributed by atoms with Crippen LogP contribution in [0.15, 0.2) is 0 Å². The lowest BCUT2D eigenvalue weighted by Crippen LogP contribution is -2.38. The highest BCUT2D eigenvalue weighted by atomic mass is 32.2. The molecule has 0 aliphatic carbocycles. The van der Waals surface area contributed by atoms with Crippen molar-refractivity contribution in [2.75, 3.05) is 27.2 Å². The molecule has 1 saturated heterocycles. The van der Waals surface area contributed by atoms with E-state index < -0.39 is 15.3 Å². The van der Waals surface area contributed by atoms with E-state index in [2.05, 4.69) is 0 Å². The molecule has 1 rings (SSSR count). The molecule has 1 fully saturated rings. The van der Waals surface area contributed by atoms with E-state index in [4.69, 9.17) is 5.26 Å². The highest BCUT2D eigenvalue weighted by Crippen LogP contribution is 2.24. The lowest BCUT2D eigenvalue weighted by molar-refractivity contribution is 0.263. The van der Waals surface area contributed by atoms with Crippen LogP contribution in [0.4, 0.5) is 0 Å². The Hall–Kier alpha value is -0.640. The minimum atomic E-state index is -3.44. The first-order valence-electron chi connectivity index (χ1n) is 5.35. The van der Waals surface area contributed by atoms with Gasteiger partial charge in [-0.3, -0.25) is 0 Å². The van der Waals surface area contributed by atoms with Crippen molar-refractivity contribution in [2.24, 2.45) is 5.92 Å². The zero-order valence-corrected chi connectivity index (χ0v) is 11.0. The van der Waals surface area contributed by atoms with Crippen LogP contribution in [0.25, 0.3) is 0 Å². The van der Waals surface area contributed by atoms with Gasteiger partial charge in [-0.2, -0.15) is 9.57 Å². The Morgan fingerprint density at radius 3 is 2.38 bits per heavy atom. The molecule has 0 aromatic heterocycles. The minimum absolute atomic E-state index is 0.237. The maximum absolute atomic E-state index is 12.0. The second kappa shape index (κ2) is 4.70. The molecular formula is C10H19N3O2S. The summed E-state index contributed by atoms with van der Waals surface area (Å²) in [4.78, 5) is 2.04. The summed E-state index contributed by atoms with van der Waals surface area (Å²) in [5.74, 6) is 0.302. The molecule has 0 aromatic rings. The van der Waals surface area contributed by atoms with E-state index in [1.54, 1.807) is 6.07 Å². The lowest BCUT2D eigenvalue weighted by atomic mass is 10.1. The highest BCUT2D eigenvalue weighted by Gasteiger charge is 2.39. The second-order valence-electron chi connectivity index (χ2n) is 4.64. The maximum atomic E-state index is 12.0. The van der Waals surface area contributed by atoms with Crippen molar-refractivity contribution in [3.63, 3.8) is 0 Å². The molecule has 0 spiro atoms. The molecule has 1 heterocycles. The predicted octanol–water partition coefficient (Wildman–Crippen LogP) is 0.110. The number of likely N-dealkylation sites (N-methyl/N-ethyl adjacent to an activating group) is 1. The topological polar surface area (TPSA) is 64.4 Å². The summed E-state index contributed by atoms with van der Waals surface area (Å²) in [6.07, 6.45) is 0. The number of hydrogen-bond acceptors (Lipinski definition) is 4. The van der Waals surface area contributed by atoms with E-state index in [0.717, 1.165) is 0 Å². The first kappa shape index (κ1) is 13.4. The van der Waals surface area contributed by atoms with Crippen LogP contribution in [0.1, 0.15) is 13.8 Å². The van der Waals surface area contributed by atoms with Gasteiger partial charge in [-0.25, -0.2) is 8.42 Å². The fourth-order valence-corrected chi connectivity index (χ4v) is 3.46. The summed E-state index contributed by atoms with van der Waals surface area (Å²) < 4.78 is 25.4. The summed E-state index contributed by atoms with van der Waals surface area (Å²) in [6, 6.07) is 2.03. The molecular weight excluding hydrogens is 226 g/mol. The van der Waals surface area contributed by atoms with Crippen molar-refractivity contribution in [2.45, 2.75) is 25.1 Å². The average molecular weight is 245 g/mol. The molecule has 16 heavy (non-hydrogen) atoms. The van der Waals surface area contributed by atoms with Crippen LogP contribution >= 0.6 is 0 Å². The van der Waals surface area contributed by atoms with Crippen molar-refractivity contribution < 1.29 is 8.42 Å². The monoisotopic (exact) mass is 245 g/mol. The number of sulfonamides is 1. The Bertz CT molecular complexity index is 385. The molecule has 0 radical (unpaired) electrons. The summed E-state index contributed by atoms with van der Waals surface area (Å²) in [5, 5.41) is 7.75. The summed E-state index contributed by atoms with van der Waals surface area (Å²) in [5.41, 5.74) is 0. The van der Waals surface area contributed by atoms with E-state index >= 15 is 0 Å². The third kappa shape index (κ3) is 2.37. The normalized spacial score (nSPS) is 29.2. The van der Waals surface area contributed by atoms with E-state index in [1.165, 1.54) is 11.2 Å². The SMILES string of the molecule is CC1CN(S(=O)(=O)C(C)C#N)CC1N(C)C. The maximum Gasteiger partial charge on any atom is 0.230 e. The molecule has 1 aliphatic heterocycles. The van der Waals surface area contributed by atoms with E-state index in [0.29, 0.717) is 19.0 Å². The quantitative estimate of drug-likeness (QED) is 0.708. The Balaban J connectivity index is 2.84. The van der Waals surface area contributed by atoms with Gasteiger partial charge < -0.3 is 4.90 Å². The molecule has 6 heteroatoms. The molecule has 0 saturated carbocycles. The van der Waals surface area contributed by atoms with Gasteiger partial charge >= 0.3 is 0 Å². The molecule has 0 aromatic carbocycles. The largest absolute Gasteiger partial charge is 0.305 e. The molecule has 3 unspecified atom stereocenters. The van der Waals surface area contributed by atoms with Gasteiger partial charge in [0.05, 0.1) is 6.07 Å². The highest BCUT2D eigenvalue weighted by molar-refractivity contribution is 7.89. The van der Waals surface area contributed by atoms with E-state index in [1.807, 2.05) is 25.9 Å². The summed E-state index contributed by atoms with van der Waals surface area (Å²) >= 11 is 0. The molecule has 0 amide bonds. The fraction of sp³-hybridized carbons (Fsp3) is 0.900. The smallest absolute Gasteiger partial charge is 0.230 e. The van der Waals surface area contributed by atoms with Crippen LogP contribution in [0, 0.1) is 17.2 Å². The molecule has 1 aliphatic rings. The van der Waals surface area contributed by atoms with Gasteiger partial charge in [0.2, 0.25) is 10.0 Å². The van der Waals surface area contributed by atoms with Gasteiger partial charge in [0.1, 0.15) is 0 Å². The Kier molecular flexibility index (Phi) is 3.94. The zero-order valence-electron chi connectivity index (χ0n) is 10.2. The van der Waals surface area contributed by atoms with Crippen LogP contribution in [0.3, 0.4) is 0 Å². The summed E-state index contributed by atoms with van der Waals surface area (Å²) in [6.45, 7) is 4.47. The van der Waals surface area contributed by atoms with Crippen LogP contribution < -0.4 is 0 Å². The van der Waals surface area contributed by atoms with Gasteiger partial charge in [0, 0.05) is 19.1 Å². The first-order chi connectivity index (χ1) is 7.30. The average Bonchev–Trinajstić information content (AvgIpc) is 2.59. The molecule has 0 bridgehead atoms. The number of rotatable bonds is 3. The van der Waals surface area contributed by atoms with E-state index in [-0.39, 0.29) is 6.04 Å². The van der Waals surface area contributed by atoms with Crippen molar-refractivity contribution in [1.82, 2.24) is 9.21 Å². The Morgan fingerprint density at radius 1 is 1.44 bits per heavy atom. The third-order valence-corrected chi connectivity index (χ3v) is 5.21. The van der Waals surface area contributed by atoms with Crippen molar-refractivity contribution in [3.05, 3.63) is 0 Å². The van der Waals surface area contributed by atoms with Gasteiger partial charge in [-0.15, -0.1) is 0 Å². The number of nitriles is 1. The summed E-state index contributed by atoms with van der Waals surface area (Å²) in [7, 11) is 0.456. The zero-order chi connectivity index (χ0) is 12.5. The predicted molar refractivity (Wildman–Crippen MR) is 62.2 cm³/mol. The van der Waals surface area contributed by atoms with Gasteiger partial charge in [-0.05, 0) is 26.9 Å². The fourth-order valence-electron chi connectivity index (χ4n) is 2.08. The second-order valence-corrected chi connectivity index (χ2v) is 6.89. The number of hydrogen-bond donors (Lipinski definition) is 0. The standard InChI is InChI=1S/C10H19N3O2S/c1-8-6-13(7-10(8)12(3)4)16(14,15)9(2)5-11/h8-10H,6-7H2,1-4H3. The molecule has 5 nitrogen and oxygen atoms in total. The van der Waals surface area contributed by atoms with Crippen LogP contribution in [0.5, 0.6) is 0 Å².